The number of hydrogen-bond donors (Lipinski definition) is 0. The van der Waals surface area contributed by atoms with Gasteiger partial charge in [0.1, 0.15) is 5.94 Å². The Kier molecular flexibility index (Phi) is 4.16. The molecular weight excluding hydrogens is 168 g/mol. The Bertz CT molecular complexity index is 206. The van der Waals surface area contributed by atoms with Crippen LogP contribution in [-0.2, 0) is 14.3 Å². The Morgan fingerprint density at radius 1 is 1.54 bits per heavy atom. The van der Waals surface area contributed by atoms with Gasteiger partial charge in [-0.05, 0) is 6.42 Å². The fourth-order valence-electron chi connectivity index (χ4n) is 1.35. The van der Waals surface area contributed by atoms with Gasteiger partial charge >= 0.3 is 0 Å². The quantitative estimate of drug-likeness (QED) is 0.459. The van der Waals surface area contributed by atoms with Gasteiger partial charge in [0.25, 0.3) is 0 Å². The SMILES string of the molecule is CCCCOCC1C(=C=O)C1OC. The molecule has 0 spiro atoms. The van der Waals surface area contributed by atoms with Crippen LogP contribution in [0.15, 0.2) is 5.57 Å². The summed E-state index contributed by atoms with van der Waals surface area (Å²) in [6.45, 7) is 3.49. The highest BCUT2D eigenvalue weighted by Crippen LogP contribution is 2.38. The van der Waals surface area contributed by atoms with Crippen LogP contribution in [0.25, 0.3) is 0 Å². The maximum Gasteiger partial charge on any atom is 0.126 e. The molecule has 0 aromatic rings. The smallest absolute Gasteiger partial charge is 0.126 e. The van der Waals surface area contributed by atoms with Crippen molar-refractivity contribution in [3.8, 4) is 0 Å². The molecule has 0 aromatic heterocycles. The maximum absolute atomic E-state index is 10.3. The van der Waals surface area contributed by atoms with Crippen molar-refractivity contribution >= 4 is 5.94 Å². The number of hydrogen-bond acceptors (Lipinski definition) is 3. The second-order valence-corrected chi connectivity index (χ2v) is 3.25. The molecule has 2 atom stereocenters. The van der Waals surface area contributed by atoms with Gasteiger partial charge in [-0.25, -0.2) is 4.79 Å². The lowest BCUT2D eigenvalue weighted by molar-refractivity contribution is 0.0953. The first-order valence-corrected chi connectivity index (χ1v) is 4.70. The zero-order valence-corrected chi connectivity index (χ0v) is 8.21. The molecule has 74 valence electrons. The molecule has 0 bridgehead atoms. The molecule has 1 aliphatic rings. The minimum atomic E-state index is -0.0286. The van der Waals surface area contributed by atoms with Crippen molar-refractivity contribution < 1.29 is 14.3 Å². The number of ether oxygens (including phenoxy) is 2. The van der Waals surface area contributed by atoms with Gasteiger partial charge in [0.2, 0.25) is 0 Å². The van der Waals surface area contributed by atoms with E-state index in [1.165, 1.54) is 0 Å². The van der Waals surface area contributed by atoms with Gasteiger partial charge < -0.3 is 9.47 Å². The average Bonchev–Trinajstić information content (AvgIpc) is 2.85. The van der Waals surface area contributed by atoms with Gasteiger partial charge in [-0.3, -0.25) is 0 Å². The Labute approximate surface area is 78.7 Å². The number of carbonyl (C=O) groups excluding carboxylic acids is 1. The summed E-state index contributed by atoms with van der Waals surface area (Å²) >= 11 is 0. The number of rotatable bonds is 6. The molecule has 1 saturated carbocycles. The second kappa shape index (κ2) is 5.18. The van der Waals surface area contributed by atoms with Crippen molar-refractivity contribution in [3.63, 3.8) is 0 Å². The van der Waals surface area contributed by atoms with Gasteiger partial charge in [0.15, 0.2) is 0 Å². The molecular formula is C10H16O3. The highest BCUT2D eigenvalue weighted by Gasteiger charge is 2.46. The second-order valence-electron chi connectivity index (χ2n) is 3.25. The van der Waals surface area contributed by atoms with Gasteiger partial charge in [0.05, 0.1) is 18.3 Å². The summed E-state index contributed by atoms with van der Waals surface area (Å²) in [5.74, 6) is 2.06. The number of methoxy groups -OCH3 is 1. The van der Waals surface area contributed by atoms with E-state index in [2.05, 4.69) is 6.92 Å². The van der Waals surface area contributed by atoms with Gasteiger partial charge in [-0.15, -0.1) is 0 Å². The van der Waals surface area contributed by atoms with E-state index >= 15 is 0 Å². The minimum absolute atomic E-state index is 0.0286. The molecule has 0 heterocycles. The third-order valence-electron chi connectivity index (χ3n) is 2.27. The molecule has 0 aromatic carbocycles. The molecule has 1 rings (SSSR count). The first-order valence-electron chi connectivity index (χ1n) is 4.70. The molecule has 0 N–H and O–H groups in total. The van der Waals surface area contributed by atoms with E-state index in [4.69, 9.17) is 9.47 Å². The molecule has 0 radical (unpaired) electrons. The molecule has 1 fully saturated rings. The standard InChI is InChI=1S/C10H16O3/c1-3-4-5-13-7-9-8(6-11)10(9)12-2/h9-10H,3-5,7H2,1-2H3. The van der Waals surface area contributed by atoms with Crippen LogP contribution in [0.5, 0.6) is 0 Å². The lowest BCUT2D eigenvalue weighted by Gasteiger charge is -2.00. The summed E-state index contributed by atoms with van der Waals surface area (Å²) in [5.41, 5.74) is 0.721. The van der Waals surface area contributed by atoms with Crippen molar-refractivity contribution in [2.24, 2.45) is 5.92 Å². The van der Waals surface area contributed by atoms with Crippen LogP contribution in [0.4, 0.5) is 0 Å². The molecule has 2 unspecified atom stereocenters. The fourth-order valence-corrected chi connectivity index (χ4v) is 1.35. The molecule has 1 aliphatic carbocycles. The zero-order chi connectivity index (χ0) is 9.68. The van der Waals surface area contributed by atoms with E-state index in [1.54, 1.807) is 7.11 Å². The highest BCUT2D eigenvalue weighted by atomic mass is 16.5. The van der Waals surface area contributed by atoms with Crippen molar-refractivity contribution in [2.75, 3.05) is 20.3 Å². The van der Waals surface area contributed by atoms with Crippen LogP contribution in [-0.4, -0.2) is 32.4 Å². The molecule has 3 nitrogen and oxygen atoms in total. The van der Waals surface area contributed by atoms with Crippen molar-refractivity contribution in [2.45, 2.75) is 25.9 Å². The van der Waals surface area contributed by atoms with Crippen LogP contribution < -0.4 is 0 Å². The predicted molar refractivity (Wildman–Crippen MR) is 49.2 cm³/mol. The van der Waals surface area contributed by atoms with Gasteiger partial charge in [0, 0.05) is 19.6 Å². The van der Waals surface area contributed by atoms with Crippen LogP contribution in [0.1, 0.15) is 19.8 Å². The first kappa shape index (κ1) is 10.5. The Balaban J connectivity index is 2.14. The van der Waals surface area contributed by atoms with E-state index in [-0.39, 0.29) is 12.0 Å². The minimum Gasteiger partial charge on any atom is -0.381 e. The summed E-state index contributed by atoms with van der Waals surface area (Å²) in [6, 6.07) is 0. The predicted octanol–water partition coefficient (Wildman–Crippen LogP) is 1.21. The highest BCUT2D eigenvalue weighted by molar-refractivity contribution is 5.63. The Morgan fingerprint density at radius 3 is 2.77 bits per heavy atom. The first-order chi connectivity index (χ1) is 6.35. The van der Waals surface area contributed by atoms with E-state index < -0.39 is 0 Å². The third-order valence-corrected chi connectivity index (χ3v) is 2.27. The molecule has 0 amide bonds. The summed E-state index contributed by atoms with van der Waals surface area (Å²) in [6.07, 6.45) is 2.18. The molecule has 13 heavy (non-hydrogen) atoms. The van der Waals surface area contributed by atoms with E-state index in [0.717, 1.165) is 25.0 Å². The molecule has 3 heteroatoms. The summed E-state index contributed by atoms with van der Waals surface area (Å²) < 4.78 is 10.4. The van der Waals surface area contributed by atoms with Crippen molar-refractivity contribution in [3.05, 3.63) is 5.57 Å². The Hall–Kier alpha value is -0.630. The fraction of sp³-hybridized carbons (Fsp3) is 0.800. The maximum atomic E-state index is 10.3. The number of unbranched alkanes of at least 4 members (excludes halogenated alkanes) is 1. The van der Waals surface area contributed by atoms with Crippen LogP contribution in [0, 0.1) is 5.92 Å². The summed E-state index contributed by atoms with van der Waals surface area (Å²) in [7, 11) is 1.61. The summed E-state index contributed by atoms with van der Waals surface area (Å²) in [5, 5.41) is 0. The van der Waals surface area contributed by atoms with E-state index in [0.29, 0.717) is 6.61 Å². The van der Waals surface area contributed by atoms with Crippen LogP contribution >= 0.6 is 0 Å². The Morgan fingerprint density at radius 2 is 2.31 bits per heavy atom. The summed E-state index contributed by atoms with van der Waals surface area (Å²) in [4.78, 5) is 10.3. The largest absolute Gasteiger partial charge is 0.381 e. The van der Waals surface area contributed by atoms with Gasteiger partial charge in [-0.1, -0.05) is 13.3 Å². The monoisotopic (exact) mass is 184 g/mol. The lowest BCUT2D eigenvalue weighted by atomic mass is 10.3. The van der Waals surface area contributed by atoms with E-state index in [9.17, 15) is 4.79 Å². The molecule has 0 aliphatic heterocycles. The normalized spacial score (nSPS) is 25.8. The topological polar surface area (TPSA) is 35.5 Å². The average molecular weight is 184 g/mol. The van der Waals surface area contributed by atoms with Crippen LogP contribution in [0.3, 0.4) is 0 Å². The van der Waals surface area contributed by atoms with Crippen LogP contribution in [0.2, 0.25) is 0 Å². The van der Waals surface area contributed by atoms with Gasteiger partial charge in [-0.2, -0.15) is 0 Å². The lowest BCUT2D eigenvalue weighted by Crippen LogP contribution is -2.02. The zero-order valence-electron chi connectivity index (χ0n) is 8.21. The third kappa shape index (κ3) is 2.66. The van der Waals surface area contributed by atoms with Crippen molar-refractivity contribution in [1.29, 1.82) is 0 Å². The molecule has 0 saturated heterocycles. The van der Waals surface area contributed by atoms with Crippen molar-refractivity contribution in [1.82, 2.24) is 0 Å². The van der Waals surface area contributed by atoms with E-state index in [1.807, 2.05) is 5.94 Å².